The topological polar surface area (TPSA) is 64.9 Å². The smallest absolute Gasteiger partial charge is 0.323 e. The number of ether oxygens (including phenoxy) is 2. The normalized spacial score (nSPS) is 21.4. The van der Waals surface area contributed by atoms with Gasteiger partial charge < -0.3 is 19.2 Å². The first kappa shape index (κ1) is 15.5. The monoisotopic (exact) mass is 367 g/mol. The second kappa shape index (κ2) is 6.76. The molecule has 2 aromatic rings. The van der Waals surface area contributed by atoms with Gasteiger partial charge in [0.2, 0.25) is 0 Å². The number of carbonyl (C=O) groups is 1. The van der Waals surface area contributed by atoms with Gasteiger partial charge in [-0.15, -0.1) is 0 Å². The fraction of sp³-hybridized carbons (Fsp3) is 0.467. The number of aromatic nitrogens is 2. The van der Waals surface area contributed by atoms with Crippen molar-refractivity contribution in [1.29, 1.82) is 0 Å². The van der Waals surface area contributed by atoms with Crippen molar-refractivity contribution in [3.63, 3.8) is 0 Å². The third-order valence-electron chi connectivity index (χ3n) is 3.61. The zero-order valence-electron chi connectivity index (χ0n) is 12.3. The predicted octanol–water partition coefficient (Wildman–Crippen LogP) is 1.91. The zero-order valence-corrected chi connectivity index (χ0v) is 13.9. The Morgan fingerprint density at radius 1 is 1.59 bits per heavy atom. The molecular formula is C15H18BrN3O3. The molecule has 6 nitrogen and oxygen atoms in total. The van der Waals surface area contributed by atoms with Crippen LogP contribution in [0, 0.1) is 0 Å². The van der Waals surface area contributed by atoms with Crippen LogP contribution in [0.2, 0.25) is 0 Å². The quantitative estimate of drug-likeness (QED) is 0.817. The number of nitrogens with one attached hydrogen (secondary N) is 1. The molecule has 0 aromatic carbocycles. The van der Waals surface area contributed by atoms with Crippen LogP contribution in [-0.2, 0) is 20.9 Å². The van der Waals surface area contributed by atoms with E-state index in [4.69, 9.17) is 9.47 Å². The lowest BCUT2D eigenvalue weighted by molar-refractivity contribution is -0.145. The number of hydrogen-bond acceptors (Lipinski definition) is 5. The Bertz CT molecular complexity index is 673. The summed E-state index contributed by atoms with van der Waals surface area (Å²) in [6.45, 7) is 3.29. The third kappa shape index (κ3) is 3.31. The fourth-order valence-electron chi connectivity index (χ4n) is 2.55. The van der Waals surface area contributed by atoms with Gasteiger partial charge in [0.1, 0.15) is 6.04 Å². The van der Waals surface area contributed by atoms with E-state index in [9.17, 15) is 4.79 Å². The van der Waals surface area contributed by atoms with Crippen molar-refractivity contribution < 1.29 is 14.3 Å². The maximum absolute atomic E-state index is 11.7. The summed E-state index contributed by atoms with van der Waals surface area (Å²) in [4.78, 5) is 16.2. The molecule has 0 unspecified atom stereocenters. The second-order valence-electron chi connectivity index (χ2n) is 5.20. The van der Waals surface area contributed by atoms with Gasteiger partial charge in [-0.05, 0) is 35.0 Å². The van der Waals surface area contributed by atoms with Crippen LogP contribution >= 0.6 is 15.9 Å². The van der Waals surface area contributed by atoms with Gasteiger partial charge in [0.25, 0.3) is 0 Å². The Morgan fingerprint density at radius 2 is 2.45 bits per heavy atom. The average Bonchev–Trinajstić information content (AvgIpc) is 3.12. The summed E-state index contributed by atoms with van der Waals surface area (Å²) < 4.78 is 13.8. The second-order valence-corrected chi connectivity index (χ2v) is 6.06. The van der Waals surface area contributed by atoms with Gasteiger partial charge in [-0.25, -0.2) is 4.98 Å². The van der Waals surface area contributed by atoms with Crippen LogP contribution in [0.1, 0.15) is 19.0 Å². The number of imidazole rings is 1. The molecule has 0 saturated carbocycles. The van der Waals surface area contributed by atoms with Gasteiger partial charge in [0, 0.05) is 25.4 Å². The van der Waals surface area contributed by atoms with Gasteiger partial charge >= 0.3 is 5.97 Å². The van der Waals surface area contributed by atoms with Crippen molar-refractivity contribution in [2.45, 2.75) is 32.1 Å². The number of rotatable bonds is 5. The maximum atomic E-state index is 11.7. The molecule has 0 radical (unpaired) electrons. The van der Waals surface area contributed by atoms with E-state index in [1.807, 2.05) is 35.9 Å². The SMILES string of the molecule is CCOC(=O)[C@@H]1C[C@@H](OCc2cn3cccc(Br)c3n2)CN1. The van der Waals surface area contributed by atoms with Crippen LogP contribution < -0.4 is 5.32 Å². The number of fused-ring (bicyclic) bond motifs is 1. The number of nitrogens with zero attached hydrogens (tertiary/aromatic N) is 2. The highest BCUT2D eigenvalue weighted by atomic mass is 79.9. The van der Waals surface area contributed by atoms with Crippen molar-refractivity contribution in [2.75, 3.05) is 13.2 Å². The maximum Gasteiger partial charge on any atom is 0.323 e. The Kier molecular flexibility index (Phi) is 4.75. The van der Waals surface area contributed by atoms with Crippen molar-refractivity contribution in [3.8, 4) is 0 Å². The molecule has 1 aliphatic rings. The molecule has 7 heteroatoms. The molecular weight excluding hydrogens is 350 g/mol. The first-order valence-corrected chi connectivity index (χ1v) is 8.10. The molecule has 1 fully saturated rings. The number of pyridine rings is 1. The van der Waals surface area contributed by atoms with E-state index >= 15 is 0 Å². The Morgan fingerprint density at radius 3 is 3.23 bits per heavy atom. The van der Waals surface area contributed by atoms with Crippen LogP contribution in [0.15, 0.2) is 29.0 Å². The van der Waals surface area contributed by atoms with Crippen molar-refractivity contribution in [3.05, 3.63) is 34.7 Å². The van der Waals surface area contributed by atoms with E-state index in [1.165, 1.54) is 0 Å². The summed E-state index contributed by atoms with van der Waals surface area (Å²) >= 11 is 3.48. The molecule has 118 valence electrons. The summed E-state index contributed by atoms with van der Waals surface area (Å²) in [6, 6.07) is 3.65. The molecule has 2 aromatic heterocycles. The molecule has 0 bridgehead atoms. The molecule has 0 spiro atoms. The van der Waals surface area contributed by atoms with Crippen LogP contribution in [0.4, 0.5) is 0 Å². The Labute approximate surface area is 136 Å². The van der Waals surface area contributed by atoms with Gasteiger partial charge in [-0.3, -0.25) is 4.79 Å². The third-order valence-corrected chi connectivity index (χ3v) is 4.23. The van der Waals surface area contributed by atoms with Gasteiger partial charge in [0.15, 0.2) is 5.65 Å². The number of carbonyl (C=O) groups excluding carboxylic acids is 1. The minimum absolute atomic E-state index is 0.00246. The van der Waals surface area contributed by atoms with E-state index in [-0.39, 0.29) is 18.1 Å². The molecule has 2 atom stereocenters. The number of esters is 1. The summed E-state index contributed by atoms with van der Waals surface area (Å²) in [6.07, 6.45) is 4.54. The van der Waals surface area contributed by atoms with Gasteiger partial charge in [0.05, 0.1) is 29.5 Å². The molecule has 3 rings (SSSR count). The first-order chi connectivity index (χ1) is 10.7. The van der Waals surface area contributed by atoms with Crippen molar-refractivity contribution in [1.82, 2.24) is 14.7 Å². The largest absolute Gasteiger partial charge is 0.465 e. The number of halogens is 1. The predicted molar refractivity (Wildman–Crippen MR) is 84.5 cm³/mol. The van der Waals surface area contributed by atoms with E-state index in [2.05, 4.69) is 26.2 Å². The minimum Gasteiger partial charge on any atom is -0.465 e. The molecule has 0 amide bonds. The molecule has 1 N–H and O–H groups in total. The van der Waals surface area contributed by atoms with E-state index in [0.717, 1.165) is 15.8 Å². The van der Waals surface area contributed by atoms with Crippen LogP contribution in [-0.4, -0.2) is 40.7 Å². The Hall–Kier alpha value is -1.44. The standard InChI is InChI=1S/C15H18BrN3O3/c1-2-21-15(20)13-6-11(7-17-13)22-9-10-8-19-5-3-4-12(16)14(19)18-10/h3-5,8,11,13,17H,2,6-7,9H2,1H3/t11-,13+/m1/s1. The van der Waals surface area contributed by atoms with Crippen molar-refractivity contribution >= 4 is 27.5 Å². The molecule has 1 aliphatic heterocycles. The fourth-order valence-corrected chi connectivity index (χ4v) is 3.00. The van der Waals surface area contributed by atoms with Crippen LogP contribution in [0.3, 0.4) is 0 Å². The molecule has 22 heavy (non-hydrogen) atoms. The first-order valence-electron chi connectivity index (χ1n) is 7.31. The van der Waals surface area contributed by atoms with E-state index in [0.29, 0.717) is 26.2 Å². The van der Waals surface area contributed by atoms with Crippen LogP contribution in [0.25, 0.3) is 5.65 Å². The Balaban J connectivity index is 1.56. The molecule has 3 heterocycles. The number of hydrogen-bond donors (Lipinski definition) is 1. The van der Waals surface area contributed by atoms with Gasteiger partial charge in [-0.2, -0.15) is 0 Å². The minimum atomic E-state index is -0.264. The van der Waals surface area contributed by atoms with E-state index in [1.54, 1.807) is 0 Å². The summed E-state index contributed by atoms with van der Waals surface area (Å²) in [5, 5.41) is 3.13. The highest BCUT2D eigenvalue weighted by Gasteiger charge is 2.31. The lowest BCUT2D eigenvalue weighted by atomic mass is 10.2. The average molecular weight is 368 g/mol. The van der Waals surface area contributed by atoms with Crippen LogP contribution in [0.5, 0.6) is 0 Å². The van der Waals surface area contributed by atoms with Crippen molar-refractivity contribution in [2.24, 2.45) is 0 Å². The van der Waals surface area contributed by atoms with E-state index < -0.39 is 0 Å². The summed E-state index contributed by atoms with van der Waals surface area (Å²) in [5.41, 5.74) is 1.74. The lowest BCUT2D eigenvalue weighted by Gasteiger charge is -2.10. The van der Waals surface area contributed by atoms with Gasteiger partial charge in [-0.1, -0.05) is 0 Å². The molecule has 1 saturated heterocycles. The zero-order chi connectivity index (χ0) is 15.5. The summed E-state index contributed by atoms with van der Waals surface area (Å²) in [7, 11) is 0. The highest BCUT2D eigenvalue weighted by molar-refractivity contribution is 9.10. The summed E-state index contributed by atoms with van der Waals surface area (Å²) in [5.74, 6) is -0.203. The molecule has 0 aliphatic carbocycles. The highest BCUT2D eigenvalue weighted by Crippen LogP contribution is 2.18. The lowest BCUT2D eigenvalue weighted by Crippen LogP contribution is -2.32.